The number of rotatable bonds is 7. The van der Waals surface area contributed by atoms with Crippen molar-refractivity contribution in [1.82, 2.24) is 10.6 Å². The molecule has 0 spiro atoms. The summed E-state index contributed by atoms with van der Waals surface area (Å²) in [5.74, 6) is -0.0852. The molecule has 0 heterocycles. The van der Waals surface area contributed by atoms with Gasteiger partial charge in [-0.25, -0.2) is 0 Å². The van der Waals surface area contributed by atoms with Crippen LogP contribution in [0.5, 0.6) is 0 Å². The predicted octanol–water partition coefficient (Wildman–Crippen LogP) is -1.28. The van der Waals surface area contributed by atoms with Gasteiger partial charge in [-0.3, -0.25) is 4.79 Å². The van der Waals surface area contributed by atoms with Crippen LogP contribution in [0.3, 0.4) is 0 Å². The average molecular weight is 190 g/mol. The van der Waals surface area contributed by atoms with E-state index in [1.54, 1.807) is 14.2 Å². The highest BCUT2D eigenvalue weighted by Crippen LogP contribution is 1.91. The van der Waals surface area contributed by atoms with Crippen molar-refractivity contribution in [3.05, 3.63) is 0 Å². The molecule has 0 bridgehead atoms. The van der Waals surface area contributed by atoms with Gasteiger partial charge in [0.1, 0.15) is 0 Å². The van der Waals surface area contributed by atoms with Gasteiger partial charge in [-0.1, -0.05) is 0 Å². The highest BCUT2D eigenvalue weighted by atomic mass is 16.5. The zero-order valence-corrected chi connectivity index (χ0v) is 8.17. The monoisotopic (exact) mass is 190 g/mol. The fraction of sp³-hybridized carbons (Fsp3) is 0.875. The molecule has 0 aliphatic rings. The molecule has 0 aromatic heterocycles. The second kappa shape index (κ2) is 7.97. The van der Waals surface area contributed by atoms with Gasteiger partial charge in [-0.05, 0) is 13.5 Å². The van der Waals surface area contributed by atoms with E-state index in [4.69, 9.17) is 9.84 Å². The molecule has 78 valence electrons. The van der Waals surface area contributed by atoms with Crippen LogP contribution in [-0.4, -0.2) is 51.0 Å². The fourth-order valence-corrected chi connectivity index (χ4v) is 0.993. The van der Waals surface area contributed by atoms with Crippen molar-refractivity contribution in [2.75, 3.05) is 33.9 Å². The van der Waals surface area contributed by atoms with E-state index in [1.165, 1.54) is 0 Å². The maximum absolute atomic E-state index is 11.1. The maximum Gasteiger partial charge on any atom is 0.234 e. The Labute approximate surface area is 78.5 Å². The van der Waals surface area contributed by atoms with Gasteiger partial charge in [-0.15, -0.1) is 0 Å². The first-order chi connectivity index (χ1) is 6.24. The SMILES string of the molecule is CNCC(=O)NC(CCO)COC. The number of ether oxygens (including phenoxy) is 1. The number of hydrogen-bond acceptors (Lipinski definition) is 4. The quantitative estimate of drug-likeness (QED) is 0.467. The summed E-state index contributed by atoms with van der Waals surface area (Å²) in [6, 6.07) is -0.101. The van der Waals surface area contributed by atoms with E-state index in [2.05, 4.69) is 10.6 Å². The van der Waals surface area contributed by atoms with Gasteiger partial charge in [0.25, 0.3) is 0 Å². The van der Waals surface area contributed by atoms with E-state index in [9.17, 15) is 4.79 Å². The number of aliphatic hydroxyl groups excluding tert-OH is 1. The smallest absolute Gasteiger partial charge is 0.234 e. The van der Waals surface area contributed by atoms with Gasteiger partial charge >= 0.3 is 0 Å². The second-order valence-corrected chi connectivity index (χ2v) is 2.76. The minimum Gasteiger partial charge on any atom is -0.396 e. The Balaban J connectivity index is 3.71. The summed E-state index contributed by atoms with van der Waals surface area (Å²) in [5, 5.41) is 14.2. The van der Waals surface area contributed by atoms with Crippen LogP contribution in [0.4, 0.5) is 0 Å². The molecular formula is C8H18N2O3. The molecule has 0 fully saturated rings. The van der Waals surface area contributed by atoms with E-state index in [0.29, 0.717) is 13.0 Å². The second-order valence-electron chi connectivity index (χ2n) is 2.76. The average Bonchev–Trinajstić information content (AvgIpc) is 2.05. The summed E-state index contributed by atoms with van der Waals surface area (Å²) in [5.41, 5.74) is 0. The minimum atomic E-state index is -0.101. The number of methoxy groups -OCH3 is 1. The van der Waals surface area contributed by atoms with E-state index in [0.717, 1.165) is 0 Å². The first kappa shape index (κ1) is 12.3. The maximum atomic E-state index is 11.1. The van der Waals surface area contributed by atoms with Crippen LogP contribution in [0.25, 0.3) is 0 Å². The van der Waals surface area contributed by atoms with Gasteiger partial charge in [0, 0.05) is 13.7 Å². The molecule has 13 heavy (non-hydrogen) atoms. The number of hydrogen-bond donors (Lipinski definition) is 3. The molecule has 1 amide bonds. The van der Waals surface area contributed by atoms with Gasteiger partial charge in [0.15, 0.2) is 0 Å². The number of aliphatic hydroxyl groups is 1. The van der Waals surface area contributed by atoms with Gasteiger partial charge in [0.05, 0.1) is 19.2 Å². The molecule has 5 nitrogen and oxygen atoms in total. The summed E-state index contributed by atoms with van der Waals surface area (Å²) in [6.45, 7) is 0.759. The Morgan fingerprint density at radius 1 is 1.62 bits per heavy atom. The van der Waals surface area contributed by atoms with Crippen LogP contribution >= 0.6 is 0 Å². The van der Waals surface area contributed by atoms with Crippen LogP contribution in [0.15, 0.2) is 0 Å². The van der Waals surface area contributed by atoms with Gasteiger partial charge < -0.3 is 20.5 Å². The summed E-state index contributed by atoms with van der Waals surface area (Å²) in [6.07, 6.45) is 0.517. The number of nitrogens with one attached hydrogen (secondary N) is 2. The Morgan fingerprint density at radius 2 is 2.31 bits per heavy atom. The number of likely N-dealkylation sites (N-methyl/N-ethyl adjacent to an activating group) is 1. The molecular weight excluding hydrogens is 172 g/mol. The van der Waals surface area contributed by atoms with Crippen molar-refractivity contribution in [2.45, 2.75) is 12.5 Å². The Kier molecular flexibility index (Phi) is 7.57. The van der Waals surface area contributed by atoms with E-state index in [1.807, 2.05) is 0 Å². The van der Waals surface area contributed by atoms with Crippen LogP contribution in [0, 0.1) is 0 Å². The molecule has 0 saturated heterocycles. The normalized spacial score (nSPS) is 12.5. The predicted molar refractivity (Wildman–Crippen MR) is 49.4 cm³/mol. The number of carbonyl (C=O) groups is 1. The van der Waals surface area contributed by atoms with Crippen molar-refractivity contribution in [3.8, 4) is 0 Å². The number of amides is 1. The van der Waals surface area contributed by atoms with Crippen LogP contribution in [0.1, 0.15) is 6.42 Å². The molecule has 0 radical (unpaired) electrons. The van der Waals surface area contributed by atoms with Crippen LogP contribution in [-0.2, 0) is 9.53 Å². The lowest BCUT2D eigenvalue weighted by atomic mass is 10.2. The lowest BCUT2D eigenvalue weighted by molar-refractivity contribution is -0.121. The minimum absolute atomic E-state index is 0.0495. The lowest BCUT2D eigenvalue weighted by Crippen LogP contribution is -2.42. The topological polar surface area (TPSA) is 70.6 Å². The third-order valence-electron chi connectivity index (χ3n) is 1.55. The zero-order chi connectivity index (χ0) is 10.1. The van der Waals surface area contributed by atoms with E-state index < -0.39 is 0 Å². The first-order valence-electron chi connectivity index (χ1n) is 4.28. The molecule has 0 aromatic rings. The van der Waals surface area contributed by atoms with E-state index in [-0.39, 0.29) is 25.1 Å². The standard InChI is InChI=1S/C8H18N2O3/c1-9-5-8(12)10-7(3-4-11)6-13-2/h7,9,11H,3-6H2,1-2H3,(H,10,12). The molecule has 0 rings (SSSR count). The molecule has 5 heteroatoms. The third-order valence-corrected chi connectivity index (χ3v) is 1.55. The zero-order valence-electron chi connectivity index (χ0n) is 8.17. The fourth-order valence-electron chi connectivity index (χ4n) is 0.993. The summed E-state index contributed by atoms with van der Waals surface area (Å²) in [7, 11) is 3.27. The van der Waals surface area contributed by atoms with E-state index >= 15 is 0 Å². The molecule has 1 unspecified atom stereocenters. The molecule has 3 N–H and O–H groups in total. The Morgan fingerprint density at radius 3 is 2.77 bits per heavy atom. The Hall–Kier alpha value is -0.650. The summed E-state index contributed by atoms with van der Waals surface area (Å²) in [4.78, 5) is 11.1. The van der Waals surface area contributed by atoms with Crippen molar-refractivity contribution < 1.29 is 14.6 Å². The first-order valence-corrected chi connectivity index (χ1v) is 4.28. The van der Waals surface area contributed by atoms with Gasteiger partial charge in [-0.2, -0.15) is 0 Å². The summed E-state index contributed by atoms with van der Waals surface area (Å²) < 4.78 is 4.89. The highest BCUT2D eigenvalue weighted by Gasteiger charge is 2.10. The molecule has 1 atom stereocenters. The highest BCUT2D eigenvalue weighted by molar-refractivity contribution is 5.78. The third kappa shape index (κ3) is 6.51. The molecule has 0 saturated carbocycles. The van der Waals surface area contributed by atoms with Crippen molar-refractivity contribution in [1.29, 1.82) is 0 Å². The van der Waals surface area contributed by atoms with Crippen LogP contribution in [0.2, 0.25) is 0 Å². The molecule has 0 aliphatic carbocycles. The lowest BCUT2D eigenvalue weighted by Gasteiger charge is -2.16. The summed E-state index contributed by atoms with van der Waals surface area (Å²) >= 11 is 0. The number of carbonyl (C=O) groups excluding carboxylic acids is 1. The van der Waals surface area contributed by atoms with Crippen LogP contribution < -0.4 is 10.6 Å². The molecule has 0 aliphatic heterocycles. The van der Waals surface area contributed by atoms with Crippen molar-refractivity contribution >= 4 is 5.91 Å². The van der Waals surface area contributed by atoms with Gasteiger partial charge in [0.2, 0.25) is 5.91 Å². The van der Waals surface area contributed by atoms with Crippen molar-refractivity contribution in [3.63, 3.8) is 0 Å². The Bertz CT molecular complexity index is 135. The largest absolute Gasteiger partial charge is 0.396 e. The molecule has 0 aromatic carbocycles. The van der Waals surface area contributed by atoms with Crippen molar-refractivity contribution in [2.24, 2.45) is 0 Å².